The van der Waals surface area contributed by atoms with Crippen molar-refractivity contribution in [1.82, 2.24) is 0 Å². The van der Waals surface area contributed by atoms with E-state index in [2.05, 4.69) is 30.9 Å². The van der Waals surface area contributed by atoms with Crippen LogP contribution in [0.2, 0.25) is 0 Å². The summed E-state index contributed by atoms with van der Waals surface area (Å²) in [5.41, 5.74) is 2.27. The summed E-state index contributed by atoms with van der Waals surface area (Å²) in [5, 5.41) is 10.7. The quantitative estimate of drug-likeness (QED) is 0.851. The van der Waals surface area contributed by atoms with Gasteiger partial charge in [0.15, 0.2) is 0 Å². The zero-order valence-electron chi connectivity index (χ0n) is 11.6. The molecule has 0 saturated heterocycles. The zero-order chi connectivity index (χ0) is 14.2. The predicted octanol–water partition coefficient (Wildman–Crippen LogP) is 3.62. The third kappa shape index (κ3) is 4.41. The summed E-state index contributed by atoms with van der Waals surface area (Å²) in [6.07, 6.45) is 1.53. The van der Waals surface area contributed by atoms with Crippen molar-refractivity contribution in [2.75, 3.05) is 6.61 Å². The Labute approximate surface area is 124 Å². The molecule has 0 aliphatic heterocycles. The maximum Gasteiger partial charge on any atom is 0.122 e. The van der Waals surface area contributed by atoms with Crippen LogP contribution in [0.5, 0.6) is 5.75 Å². The van der Waals surface area contributed by atoms with Crippen molar-refractivity contribution in [1.29, 1.82) is 0 Å². The van der Waals surface area contributed by atoms with Crippen LogP contribution in [0, 0.1) is 11.8 Å². The summed E-state index contributed by atoms with van der Waals surface area (Å²) in [4.78, 5) is 1.15. The third-order valence-corrected chi connectivity index (χ3v) is 3.72. The van der Waals surface area contributed by atoms with Gasteiger partial charge in [-0.2, -0.15) is 0 Å². The Bertz CT molecular complexity index is 605. The molecule has 0 fully saturated rings. The number of ether oxygens (including phenoxy) is 1. The monoisotopic (exact) mass is 286 g/mol. The lowest BCUT2D eigenvalue weighted by molar-refractivity contribution is 0.305. The number of rotatable bonds is 5. The molecule has 2 nitrogen and oxygen atoms in total. The molecule has 1 aromatic carbocycles. The van der Waals surface area contributed by atoms with Crippen LogP contribution in [0.15, 0.2) is 35.7 Å². The molecule has 104 valence electrons. The van der Waals surface area contributed by atoms with Gasteiger partial charge in [0.2, 0.25) is 0 Å². The third-order valence-electron chi connectivity index (χ3n) is 2.81. The van der Waals surface area contributed by atoms with Crippen molar-refractivity contribution < 1.29 is 9.84 Å². The molecule has 2 rings (SSSR count). The largest absolute Gasteiger partial charge is 0.488 e. The lowest BCUT2D eigenvalue weighted by Crippen LogP contribution is -1.93. The van der Waals surface area contributed by atoms with Gasteiger partial charge in [0.1, 0.15) is 12.4 Å². The summed E-state index contributed by atoms with van der Waals surface area (Å²) in [6, 6.07) is 10.2. The minimum Gasteiger partial charge on any atom is -0.488 e. The molecule has 0 bridgehead atoms. The first kappa shape index (κ1) is 14.6. The van der Waals surface area contributed by atoms with Gasteiger partial charge >= 0.3 is 0 Å². The molecule has 1 heterocycles. The van der Waals surface area contributed by atoms with Crippen molar-refractivity contribution >= 4 is 11.3 Å². The van der Waals surface area contributed by atoms with Gasteiger partial charge in [-0.05, 0) is 30.2 Å². The van der Waals surface area contributed by atoms with Crippen LogP contribution in [0.25, 0.3) is 0 Å². The molecule has 1 aromatic heterocycles. The van der Waals surface area contributed by atoms with Gasteiger partial charge in [-0.1, -0.05) is 30.9 Å². The first-order valence-corrected chi connectivity index (χ1v) is 7.58. The van der Waals surface area contributed by atoms with Crippen molar-refractivity contribution in [2.24, 2.45) is 0 Å². The first-order valence-electron chi connectivity index (χ1n) is 6.70. The number of hydrogen-bond donors (Lipinski definition) is 1. The first-order chi connectivity index (χ1) is 9.81. The number of hydrogen-bond acceptors (Lipinski definition) is 3. The summed E-state index contributed by atoms with van der Waals surface area (Å²) >= 11 is 1.65. The van der Waals surface area contributed by atoms with Crippen LogP contribution < -0.4 is 4.74 Å². The summed E-state index contributed by atoms with van der Waals surface area (Å²) in [5.74, 6) is 6.85. The van der Waals surface area contributed by atoms with E-state index in [-0.39, 0.29) is 6.61 Å². The minimum absolute atomic E-state index is 0.112. The standard InChI is InChI=1S/C17H18O2S/c1-2-14-7-5-8-16(10-14)19-12-17-11-15(13-20-17)6-3-4-9-18/h5,7-8,10-11,13,18H,2,4,9,12H2,1H3. The van der Waals surface area contributed by atoms with Gasteiger partial charge in [-0.15, -0.1) is 11.3 Å². The van der Waals surface area contributed by atoms with Crippen LogP contribution in [-0.2, 0) is 13.0 Å². The highest BCUT2D eigenvalue weighted by Crippen LogP contribution is 2.19. The molecule has 0 saturated carbocycles. The lowest BCUT2D eigenvalue weighted by Gasteiger charge is -2.05. The highest BCUT2D eigenvalue weighted by atomic mass is 32.1. The van der Waals surface area contributed by atoms with Crippen LogP contribution in [0.3, 0.4) is 0 Å². The molecule has 0 aliphatic rings. The van der Waals surface area contributed by atoms with E-state index >= 15 is 0 Å². The van der Waals surface area contributed by atoms with Crippen LogP contribution in [-0.4, -0.2) is 11.7 Å². The van der Waals surface area contributed by atoms with E-state index in [4.69, 9.17) is 9.84 Å². The second-order valence-corrected chi connectivity index (χ2v) is 5.36. The Morgan fingerprint density at radius 2 is 2.20 bits per heavy atom. The smallest absolute Gasteiger partial charge is 0.122 e. The van der Waals surface area contributed by atoms with Crippen molar-refractivity contribution in [3.05, 3.63) is 51.7 Å². The number of thiophene rings is 1. The normalized spacial score (nSPS) is 9.90. The van der Waals surface area contributed by atoms with E-state index in [0.29, 0.717) is 13.0 Å². The van der Waals surface area contributed by atoms with E-state index in [1.165, 1.54) is 5.56 Å². The summed E-state index contributed by atoms with van der Waals surface area (Å²) in [7, 11) is 0. The molecule has 0 atom stereocenters. The van der Waals surface area contributed by atoms with Crippen LogP contribution >= 0.6 is 11.3 Å². The van der Waals surface area contributed by atoms with Gasteiger partial charge in [0, 0.05) is 22.2 Å². The van der Waals surface area contributed by atoms with E-state index in [1.807, 2.05) is 23.6 Å². The second kappa shape index (κ2) is 7.74. The molecule has 20 heavy (non-hydrogen) atoms. The van der Waals surface area contributed by atoms with Crippen molar-refractivity contribution in [3.63, 3.8) is 0 Å². The Morgan fingerprint density at radius 1 is 1.30 bits per heavy atom. The molecule has 1 N–H and O–H groups in total. The topological polar surface area (TPSA) is 29.5 Å². The minimum atomic E-state index is 0.112. The Kier molecular flexibility index (Phi) is 5.67. The number of benzene rings is 1. The van der Waals surface area contributed by atoms with Gasteiger partial charge in [0.05, 0.1) is 6.61 Å². The molecular formula is C17H18O2S. The number of aliphatic hydroxyl groups is 1. The van der Waals surface area contributed by atoms with Crippen LogP contribution in [0.1, 0.15) is 29.3 Å². The molecule has 2 aromatic rings. The van der Waals surface area contributed by atoms with E-state index in [0.717, 1.165) is 22.6 Å². The fraction of sp³-hybridized carbons (Fsp3) is 0.294. The molecule has 0 aliphatic carbocycles. The fourth-order valence-electron chi connectivity index (χ4n) is 1.75. The molecule has 0 radical (unpaired) electrons. The maximum absolute atomic E-state index is 8.68. The highest BCUT2D eigenvalue weighted by Gasteiger charge is 2.00. The van der Waals surface area contributed by atoms with Crippen molar-refractivity contribution in [2.45, 2.75) is 26.4 Å². The average Bonchev–Trinajstić information content (AvgIpc) is 2.94. The molecule has 0 spiro atoms. The van der Waals surface area contributed by atoms with Gasteiger partial charge in [-0.25, -0.2) is 0 Å². The predicted molar refractivity (Wildman–Crippen MR) is 83.1 cm³/mol. The highest BCUT2D eigenvalue weighted by molar-refractivity contribution is 7.10. The molecular weight excluding hydrogens is 268 g/mol. The van der Waals surface area contributed by atoms with Gasteiger partial charge < -0.3 is 9.84 Å². The average molecular weight is 286 g/mol. The number of aryl methyl sites for hydroxylation is 1. The van der Waals surface area contributed by atoms with Crippen molar-refractivity contribution in [3.8, 4) is 17.6 Å². The lowest BCUT2D eigenvalue weighted by atomic mass is 10.2. The zero-order valence-corrected chi connectivity index (χ0v) is 12.4. The SMILES string of the molecule is CCc1cccc(OCc2cc(C#CCCO)cs2)c1. The van der Waals surface area contributed by atoms with E-state index in [9.17, 15) is 0 Å². The van der Waals surface area contributed by atoms with Gasteiger partial charge in [0.25, 0.3) is 0 Å². The Balaban J connectivity index is 1.92. The number of aliphatic hydroxyl groups excluding tert-OH is 1. The fourth-order valence-corrected chi connectivity index (χ4v) is 2.48. The molecule has 0 unspecified atom stereocenters. The Morgan fingerprint density at radius 3 is 3.00 bits per heavy atom. The van der Waals surface area contributed by atoms with E-state index in [1.54, 1.807) is 11.3 Å². The second-order valence-electron chi connectivity index (χ2n) is 4.37. The van der Waals surface area contributed by atoms with Gasteiger partial charge in [-0.3, -0.25) is 0 Å². The Hall–Kier alpha value is -1.76. The summed E-state index contributed by atoms with van der Waals surface area (Å²) in [6.45, 7) is 2.82. The van der Waals surface area contributed by atoms with Crippen LogP contribution in [0.4, 0.5) is 0 Å². The van der Waals surface area contributed by atoms with E-state index < -0.39 is 0 Å². The molecule has 0 amide bonds. The molecule has 3 heteroatoms. The summed E-state index contributed by atoms with van der Waals surface area (Å²) < 4.78 is 5.80. The maximum atomic E-state index is 8.68.